The zero-order valence-corrected chi connectivity index (χ0v) is 5.75. The highest BCUT2D eigenvalue weighted by Gasteiger charge is 2.49. The van der Waals surface area contributed by atoms with E-state index in [0.717, 1.165) is 0 Å². The molecule has 2 rings (SSSR count). The van der Waals surface area contributed by atoms with Crippen LogP contribution in [0.2, 0.25) is 0 Å². The Balaban J connectivity index is 2.16. The van der Waals surface area contributed by atoms with Crippen molar-refractivity contribution in [3.05, 3.63) is 0 Å². The van der Waals surface area contributed by atoms with Crippen molar-refractivity contribution in [1.82, 2.24) is 0 Å². The van der Waals surface area contributed by atoms with Gasteiger partial charge in [0.25, 0.3) is 0 Å². The molecule has 0 saturated carbocycles. The van der Waals surface area contributed by atoms with Gasteiger partial charge in [-0.2, -0.15) is 0 Å². The van der Waals surface area contributed by atoms with Crippen LogP contribution in [-0.2, 0) is 9.47 Å². The zero-order chi connectivity index (χ0) is 8.01. The van der Waals surface area contributed by atoms with Crippen LogP contribution in [0.1, 0.15) is 0 Å². The summed E-state index contributed by atoms with van der Waals surface area (Å²) in [6.07, 6.45) is -4.35. The number of aliphatic hydroxyl groups is 3. The Hall–Kier alpha value is -0.200. The number of ether oxygens (including phenoxy) is 2. The lowest BCUT2D eigenvalue weighted by atomic mass is 10.0. The summed E-state index contributed by atoms with van der Waals surface area (Å²) in [5.41, 5.74) is 0. The summed E-state index contributed by atoms with van der Waals surface area (Å²) < 4.78 is 9.82. The van der Waals surface area contributed by atoms with Crippen molar-refractivity contribution in [3.63, 3.8) is 0 Å². The molecule has 5 heteroatoms. The number of hydrogen-bond acceptors (Lipinski definition) is 5. The van der Waals surface area contributed by atoms with Crippen molar-refractivity contribution in [1.29, 1.82) is 0 Å². The molecule has 0 aromatic carbocycles. The van der Waals surface area contributed by atoms with Crippen LogP contribution in [-0.4, -0.2) is 52.6 Å². The molecule has 2 aliphatic rings. The molecule has 0 unspecified atom stereocenters. The van der Waals surface area contributed by atoms with Crippen LogP contribution in [0.25, 0.3) is 0 Å². The molecule has 0 amide bonds. The number of aliphatic hydroxyl groups excluding tert-OH is 3. The van der Waals surface area contributed by atoms with Gasteiger partial charge in [0.2, 0.25) is 0 Å². The molecule has 5 nitrogen and oxygen atoms in total. The molecule has 2 saturated heterocycles. The minimum atomic E-state index is -1.23. The van der Waals surface area contributed by atoms with Crippen LogP contribution in [0.3, 0.4) is 0 Å². The Labute approximate surface area is 63.2 Å². The highest BCUT2D eigenvalue weighted by atomic mass is 16.7. The summed E-state index contributed by atoms with van der Waals surface area (Å²) in [6.45, 7) is 0.236. The molecule has 0 radical (unpaired) electrons. The second-order valence-electron chi connectivity index (χ2n) is 2.84. The Bertz CT molecular complexity index is 161. The van der Waals surface area contributed by atoms with Crippen LogP contribution in [0, 0.1) is 0 Å². The first-order valence-corrected chi connectivity index (χ1v) is 3.51. The van der Waals surface area contributed by atoms with E-state index in [4.69, 9.17) is 14.6 Å². The van der Waals surface area contributed by atoms with E-state index in [-0.39, 0.29) is 6.61 Å². The van der Waals surface area contributed by atoms with Crippen molar-refractivity contribution in [2.45, 2.75) is 30.7 Å². The molecule has 0 aromatic heterocycles. The van der Waals surface area contributed by atoms with E-state index in [9.17, 15) is 10.2 Å². The van der Waals surface area contributed by atoms with Crippen LogP contribution >= 0.6 is 0 Å². The maximum absolute atomic E-state index is 9.28. The monoisotopic (exact) mass is 162 g/mol. The van der Waals surface area contributed by atoms with E-state index in [1.54, 1.807) is 0 Å². The smallest absolute Gasteiger partial charge is 0.184 e. The lowest BCUT2D eigenvalue weighted by molar-refractivity contribution is -0.242. The summed E-state index contributed by atoms with van der Waals surface area (Å²) in [5, 5.41) is 27.5. The first-order chi connectivity index (χ1) is 5.20. The molecule has 2 heterocycles. The van der Waals surface area contributed by atoms with Crippen LogP contribution in [0.4, 0.5) is 0 Å². The third kappa shape index (κ3) is 0.969. The van der Waals surface area contributed by atoms with Gasteiger partial charge in [-0.15, -0.1) is 0 Å². The molecular weight excluding hydrogens is 152 g/mol. The summed E-state index contributed by atoms with van der Waals surface area (Å²) in [7, 11) is 0. The minimum Gasteiger partial charge on any atom is -0.387 e. The van der Waals surface area contributed by atoms with Gasteiger partial charge < -0.3 is 24.8 Å². The molecule has 64 valence electrons. The third-order valence-corrected chi connectivity index (χ3v) is 2.11. The van der Waals surface area contributed by atoms with Gasteiger partial charge >= 0.3 is 0 Å². The average Bonchev–Trinajstić information content (AvgIpc) is 2.23. The number of fused-ring (bicyclic) bond motifs is 2. The summed E-state index contributed by atoms with van der Waals surface area (Å²) in [5.74, 6) is 0. The fourth-order valence-corrected chi connectivity index (χ4v) is 1.46. The van der Waals surface area contributed by atoms with Gasteiger partial charge in [-0.25, -0.2) is 0 Å². The van der Waals surface area contributed by atoms with Crippen molar-refractivity contribution in [3.8, 4) is 0 Å². The maximum atomic E-state index is 9.28. The average molecular weight is 162 g/mol. The second kappa shape index (κ2) is 2.40. The van der Waals surface area contributed by atoms with E-state index in [1.807, 2.05) is 0 Å². The molecule has 11 heavy (non-hydrogen) atoms. The first-order valence-electron chi connectivity index (χ1n) is 3.51. The van der Waals surface area contributed by atoms with Crippen molar-refractivity contribution in [2.24, 2.45) is 0 Å². The molecule has 2 fully saturated rings. The maximum Gasteiger partial charge on any atom is 0.184 e. The SMILES string of the molecule is O[C@@H]1[C@@H]2OC[C@@H](O[C@H]1O)[C@H]2O. The predicted molar refractivity (Wildman–Crippen MR) is 32.6 cm³/mol. The van der Waals surface area contributed by atoms with Gasteiger partial charge in [0, 0.05) is 0 Å². The molecule has 2 aliphatic heterocycles. The van der Waals surface area contributed by atoms with E-state index >= 15 is 0 Å². The van der Waals surface area contributed by atoms with E-state index < -0.39 is 30.7 Å². The lowest BCUT2D eigenvalue weighted by Gasteiger charge is -2.31. The molecular formula is C6H10O5. The van der Waals surface area contributed by atoms with Gasteiger partial charge in [-0.05, 0) is 0 Å². The molecule has 0 aliphatic carbocycles. The summed E-state index contributed by atoms with van der Waals surface area (Å²) in [4.78, 5) is 0. The summed E-state index contributed by atoms with van der Waals surface area (Å²) in [6, 6.07) is 0. The fraction of sp³-hybridized carbons (Fsp3) is 1.00. The normalized spacial score (nSPS) is 56.5. The Morgan fingerprint density at radius 2 is 1.82 bits per heavy atom. The fourth-order valence-electron chi connectivity index (χ4n) is 1.46. The standard InChI is InChI=1S/C6H10O5/c7-3-2-1-10-5(3)4(8)6(9)11-2/h2-9H,1H2/t2-,3-,4-,5-,6-/m1/s1. The highest BCUT2D eigenvalue weighted by Crippen LogP contribution is 2.28. The van der Waals surface area contributed by atoms with Crippen molar-refractivity contribution < 1.29 is 24.8 Å². The molecule has 0 aromatic rings. The zero-order valence-electron chi connectivity index (χ0n) is 5.75. The first kappa shape index (κ1) is 7.45. The summed E-state index contributed by atoms with van der Waals surface area (Å²) >= 11 is 0. The van der Waals surface area contributed by atoms with Crippen LogP contribution in [0.5, 0.6) is 0 Å². The highest BCUT2D eigenvalue weighted by molar-refractivity contribution is 4.94. The van der Waals surface area contributed by atoms with Crippen LogP contribution in [0.15, 0.2) is 0 Å². The lowest BCUT2D eigenvalue weighted by Crippen LogP contribution is -2.52. The third-order valence-electron chi connectivity index (χ3n) is 2.11. The van der Waals surface area contributed by atoms with E-state index in [0.29, 0.717) is 0 Å². The Morgan fingerprint density at radius 1 is 1.09 bits per heavy atom. The van der Waals surface area contributed by atoms with Crippen molar-refractivity contribution >= 4 is 0 Å². The van der Waals surface area contributed by atoms with Crippen LogP contribution < -0.4 is 0 Å². The van der Waals surface area contributed by atoms with Gasteiger partial charge in [-0.3, -0.25) is 0 Å². The number of hydrogen-bond donors (Lipinski definition) is 3. The predicted octanol–water partition coefficient (Wildman–Crippen LogP) is -2.18. The second-order valence-corrected chi connectivity index (χ2v) is 2.84. The minimum absolute atomic E-state index is 0.236. The topological polar surface area (TPSA) is 79.2 Å². The molecule has 2 bridgehead atoms. The largest absolute Gasteiger partial charge is 0.387 e. The quantitative estimate of drug-likeness (QED) is 0.377. The van der Waals surface area contributed by atoms with Gasteiger partial charge in [-0.1, -0.05) is 0 Å². The van der Waals surface area contributed by atoms with Gasteiger partial charge in [0.1, 0.15) is 24.4 Å². The Morgan fingerprint density at radius 3 is 2.55 bits per heavy atom. The van der Waals surface area contributed by atoms with Gasteiger partial charge in [0.15, 0.2) is 6.29 Å². The van der Waals surface area contributed by atoms with E-state index in [2.05, 4.69) is 0 Å². The van der Waals surface area contributed by atoms with Gasteiger partial charge in [0.05, 0.1) is 6.61 Å². The van der Waals surface area contributed by atoms with Crippen molar-refractivity contribution in [2.75, 3.05) is 6.61 Å². The molecule has 3 N–H and O–H groups in total. The Kier molecular flexibility index (Phi) is 1.62. The van der Waals surface area contributed by atoms with E-state index in [1.165, 1.54) is 0 Å². The number of rotatable bonds is 0. The molecule has 0 spiro atoms. The molecule has 5 atom stereocenters.